The molecule has 5 nitrogen and oxygen atoms in total. The van der Waals surface area contributed by atoms with E-state index >= 15 is 0 Å². The van der Waals surface area contributed by atoms with Crippen molar-refractivity contribution in [1.82, 2.24) is 4.98 Å². The summed E-state index contributed by atoms with van der Waals surface area (Å²) >= 11 is 3.30. The van der Waals surface area contributed by atoms with Crippen molar-refractivity contribution in [3.8, 4) is 11.6 Å². The van der Waals surface area contributed by atoms with Crippen LogP contribution in [0.1, 0.15) is 0 Å². The Morgan fingerprint density at radius 2 is 1.94 bits per heavy atom. The third-order valence-corrected chi connectivity index (χ3v) is 2.59. The zero-order chi connectivity index (χ0) is 12.3. The smallest absolute Gasteiger partial charge is 0.269 e. The molecule has 0 atom stereocenters. The molecule has 0 aliphatic carbocycles. The first kappa shape index (κ1) is 11.5. The third kappa shape index (κ3) is 2.79. The molecule has 86 valence electrons. The third-order valence-electron chi connectivity index (χ3n) is 1.99. The van der Waals surface area contributed by atoms with Gasteiger partial charge in [0.05, 0.1) is 9.40 Å². The number of non-ortho nitro benzene ring substituents is 1. The van der Waals surface area contributed by atoms with E-state index in [4.69, 9.17) is 4.74 Å². The number of benzene rings is 1. The van der Waals surface area contributed by atoms with Gasteiger partial charge >= 0.3 is 0 Å². The zero-order valence-electron chi connectivity index (χ0n) is 8.54. The number of pyridine rings is 1. The van der Waals surface area contributed by atoms with Gasteiger partial charge in [-0.25, -0.2) is 4.98 Å². The summed E-state index contributed by atoms with van der Waals surface area (Å²) in [4.78, 5) is 14.0. The first-order valence-corrected chi connectivity index (χ1v) is 5.49. The van der Waals surface area contributed by atoms with E-state index in [1.807, 2.05) is 0 Å². The average Bonchev–Trinajstić information content (AvgIpc) is 2.33. The molecule has 17 heavy (non-hydrogen) atoms. The van der Waals surface area contributed by atoms with Gasteiger partial charge in [0.25, 0.3) is 5.69 Å². The van der Waals surface area contributed by atoms with Crippen LogP contribution in [0.4, 0.5) is 5.69 Å². The molecule has 2 aromatic rings. The maximum absolute atomic E-state index is 10.5. The normalized spacial score (nSPS) is 9.94. The molecule has 0 aliphatic rings. The molecule has 1 heterocycles. The van der Waals surface area contributed by atoms with Crippen LogP contribution in [-0.4, -0.2) is 9.91 Å². The Labute approximate surface area is 105 Å². The van der Waals surface area contributed by atoms with E-state index in [2.05, 4.69) is 20.9 Å². The van der Waals surface area contributed by atoms with E-state index in [-0.39, 0.29) is 5.69 Å². The zero-order valence-corrected chi connectivity index (χ0v) is 10.1. The van der Waals surface area contributed by atoms with Gasteiger partial charge in [-0.1, -0.05) is 0 Å². The lowest BCUT2D eigenvalue weighted by Gasteiger charge is -2.05. The standard InChI is InChI=1S/C11H7BrN2O3/c12-10-2-1-7-13-11(10)17-9-5-3-8(4-6-9)14(15)16/h1-7H. The van der Waals surface area contributed by atoms with Crippen LogP contribution in [-0.2, 0) is 0 Å². The second-order valence-electron chi connectivity index (χ2n) is 3.14. The Kier molecular flexibility index (Phi) is 3.34. The fraction of sp³-hybridized carbons (Fsp3) is 0. The highest BCUT2D eigenvalue weighted by molar-refractivity contribution is 9.10. The van der Waals surface area contributed by atoms with Gasteiger partial charge in [0.2, 0.25) is 5.88 Å². The molecule has 0 saturated heterocycles. The number of ether oxygens (including phenoxy) is 1. The van der Waals surface area contributed by atoms with Gasteiger partial charge < -0.3 is 4.74 Å². The van der Waals surface area contributed by atoms with Crippen molar-refractivity contribution >= 4 is 21.6 Å². The summed E-state index contributed by atoms with van der Waals surface area (Å²) in [5.74, 6) is 0.913. The van der Waals surface area contributed by atoms with Gasteiger partial charge in [0.15, 0.2) is 0 Å². The van der Waals surface area contributed by atoms with Crippen molar-refractivity contribution in [3.63, 3.8) is 0 Å². The number of aromatic nitrogens is 1. The molecule has 0 radical (unpaired) electrons. The van der Waals surface area contributed by atoms with Crippen LogP contribution in [0.15, 0.2) is 47.1 Å². The largest absolute Gasteiger partial charge is 0.438 e. The topological polar surface area (TPSA) is 65.3 Å². The van der Waals surface area contributed by atoms with Gasteiger partial charge in [-0.15, -0.1) is 0 Å². The Bertz CT molecular complexity index is 543. The minimum absolute atomic E-state index is 0.0254. The van der Waals surface area contributed by atoms with E-state index in [9.17, 15) is 10.1 Å². The lowest BCUT2D eigenvalue weighted by molar-refractivity contribution is -0.384. The summed E-state index contributed by atoms with van der Waals surface area (Å²) in [6.45, 7) is 0. The number of hydrogen-bond donors (Lipinski definition) is 0. The quantitative estimate of drug-likeness (QED) is 0.641. The summed E-state index contributed by atoms with van der Waals surface area (Å²) in [6, 6.07) is 9.39. The molecule has 1 aromatic heterocycles. The SMILES string of the molecule is O=[N+]([O-])c1ccc(Oc2ncccc2Br)cc1. The van der Waals surface area contributed by atoms with Gasteiger partial charge in [-0.05, 0) is 40.2 Å². The predicted molar refractivity (Wildman–Crippen MR) is 65.1 cm³/mol. The first-order chi connectivity index (χ1) is 8.16. The molecule has 0 aliphatic heterocycles. The molecular formula is C11H7BrN2O3. The highest BCUT2D eigenvalue weighted by Gasteiger charge is 2.06. The van der Waals surface area contributed by atoms with Crippen molar-refractivity contribution in [1.29, 1.82) is 0 Å². The molecule has 0 amide bonds. The number of rotatable bonds is 3. The fourth-order valence-electron chi connectivity index (χ4n) is 1.19. The van der Waals surface area contributed by atoms with Crippen LogP contribution in [0.2, 0.25) is 0 Å². The fourth-order valence-corrected chi connectivity index (χ4v) is 1.53. The summed E-state index contributed by atoms with van der Waals surface area (Å²) in [6.07, 6.45) is 1.60. The van der Waals surface area contributed by atoms with Crippen LogP contribution in [0.25, 0.3) is 0 Å². The van der Waals surface area contributed by atoms with Gasteiger partial charge in [0, 0.05) is 18.3 Å². The number of nitro benzene ring substituents is 1. The lowest BCUT2D eigenvalue weighted by atomic mass is 10.3. The molecule has 6 heteroatoms. The maximum atomic E-state index is 10.5. The molecule has 0 unspecified atom stereocenters. The van der Waals surface area contributed by atoms with Crippen LogP contribution in [0.5, 0.6) is 11.6 Å². The maximum Gasteiger partial charge on any atom is 0.269 e. The van der Waals surface area contributed by atoms with Crippen molar-refractivity contribution in [2.45, 2.75) is 0 Å². The Morgan fingerprint density at radius 3 is 2.53 bits per heavy atom. The molecular weight excluding hydrogens is 288 g/mol. The van der Waals surface area contributed by atoms with E-state index < -0.39 is 4.92 Å². The molecule has 0 saturated carbocycles. The van der Waals surface area contributed by atoms with Gasteiger partial charge in [0.1, 0.15) is 5.75 Å². The molecule has 0 N–H and O–H groups in total. The van der Waals surface area contributed by atoms with Crippen LogP contribution >= 0.6 is 15.9 Å². The van der Waals surface area contributed by atoms with E-state index in [0.717, 1.165) is 4.47 Å². The van der Waals surface area contributed by atoms with Crippen LogP contribution in [0, 0.1) is 10.1 Å². The Balaban J connectivity index is 2.20. The van der Waals surface area contributed by atoms with Gasteiger partial charge in [-0.2, -0.15) is 0 Å². The summed E-state index contributed by atoms with van der Waals surface area (Å²) in [5.41, 5.74) is 0.0254. The molecule has 1 aromatic carbocycles. The Hall–Kier alpha value is -1.95. The van der Waals surface area contributed by atoms with Crippen molar-refractivity contribution in [2.75, 3.05) is 0 Å². The van der Waals surface area contributed by atoms with Gasteiger partial charge in [-0.3, -0.25) is 10.1 Å². The van der Waals surface area contributed by atoms with E-state index in [1.54, 1.807) is 18.3 Å². The highest BCUT2D eigenvalue weighted by atomic mass is 79.9. The Morgan fingerprint density at radius 1 is 1.24 bits per heavy atom. The molecule has 0 bridgehead atoms. The average molecular weight is 295 g/mol. The molecule has 0 fully saturated rings. The van der Waals surface area contributed by atoms with E-state index in [0.29, 0.717) is 11.6 Å². The minimum Gasteiger partial charge on any atom is -0.438 e. The number of nitro groups is 1. The van der Waals surface area contributed by atoms with Crippen molar-refractivity contribution in [2.24, 2.45) is 0 Å². The minimum atomic E-state index is -0.458. The summed E-state index contributed by atoms with van der Waals surface area (Å²) in [7, 11) is 0. The second-order valence-corrected chi connectivity index (χ2v) is 4.00. The van der Waals surface area contributed by atoms with Crippen molar-refractivity contribution in [3.05, 3.63) is 57.2 Å². The predicted octanol–water partition coefficient (Wildman–Crippen LogP) is 3.54. The molecule has 0 spiro atoms. The highest BCUT2D eigenvalue weighted by Crippen LogP contribution is 2.27. The van der Waals surface area contributed by atoms with Crippen molar-refractivity contribution < 1.29 is 9.66 Å². The van der Waals surface area contributed by atoms with Crippen LogP contribution in [0.3, 0.4) is 0 Å². The summed E-state index contributed by atoms with van der Waals surface area (Å²) in [5, 5.41) is 10.5. The first-order valence-electron chi connectivity index (χ1n) is 4.69. The van der Waals surface area contributed by atoms with E-state index in [1.165, 1.54) is 24.3 Å². The lowest BCUT2D eigenvalue weighted by Crippen LogP contribution is -1.90. The second kappa shape index (κ2) is 4.92. The number of hydrogen-bond acceptors (Lipinski definition) is 4. The monoisotopic (exact) mass is 294 g/mol. The summed E-state index contributed by atoms with van der Waals surface area (Å²) < 4.78 is 6.18. The molecule has 2 rings (SSSR count). The number of nitrogens with zero attached hydrogens (tertiary/aromatic N) is 2. The van der Waals surface area contributed by atoms with Crippen LogP contribution < -0.4 is 4.74 Å². The number of halogens is 1.